The highest BCUT2D eigenvalue weighted by Gasteiger charge is 2.21. The second kappa shape index (κ2) is 6.97. The molecule has 1 aliphatic carbocycles. The molecule has 0 aromatic rings. The van der Waals surface area contributed by atoms with Gasteiger partial charge in [-0.3, -0.25) is 4.79 Å². The molecule has 2 fully saturated rings. The van der Waals surface area contributed by atoms with Crippen molar-refractivity contribution < 1.29 is 9.53 Å². The number of hydrogen-bond acceptors (Lipinski definition) is 3. The zero-order chi connectivity index (χ0) is 11.9. The third-order valence-corrected chi connectivity index (χ3v) is 3.47. The topological polar surface area (TPSA) is 50.4 Å². The largest absolute Gasteiger partial charge is 0.379 e. The van der Waals surface area contributed by atoms with E-state index in [4.69, 9.17) is 4.74 Å². The highest BCUT2D eigenvalue weighted by molar-refractivity contribution is 5.81. The molecule has 17 heavy (non-hydrogen) atoms. The van der Waals surface area contributed by atoms with E-state index in [9.17, 15) is 4.79 Å². The van der Waals surface area contributed by atoms with Crippen LogP contribution in [0, 0.1) is 5.92 Å². The maximum absolute atomic E-state index is 11.8. The van der Waals surface area contributed by atoms with Crippen LogP contribution in [0.4, 0.5) is 0 Å². The maximum Gasteiger partial charge on any atom is 0.237 e. The smallest absolute Gasteiger partial charge is 0.237 e. The number of nitrogens with one attached hydrogen (secondary N) is 2. The Balaban J connectivity index is 1.52. The molecule has 0 aromatic carbocycles. The average molecular weight is 240 g/mol. The monoisotopic (exact) mass is 240 g/mol. The third-order valence-electron chi connectivity index (χ3n) is 3.47. The van der Waals surface area contributed by atoms with Crippen LogP contribution in [-0.4, -0.2) is 38.3 Å². The summed E-state index contributed by atoms with van der Waals surface area (Å²) in [6.45, 7) is 3.13. The summed E-state index contributed by atoms with van der Waals surface area (Å²) in [6, 6.07) is 0.0148. The van der Waals surface area contributed by atoms with Gasteiger partial charge in [-0.15, -0.1) is 0 Å². The Morgan fingerprint density at radius 2 is 2.12 bits per heavy atom. The molecular weight excluding hydrogens is 216 g/mol. The molecular formula is C13H24N2O2. The van der Waals surface area contributed by atoms with Crippen LogP contribution < -0.4 is 10.6 Å². The summed E-state index contributed by atoms with van der Waals surface area (Å²) in [5.74, 6) is 0.941. The molecule has 2 aliphatic rings. The molecule has 1 heterocycles. The van der Waals surface area contributed by atoms with Crippen molar-refractivity contribution in [3.05, 3.63) is 0 Å². The van der Waals surface area contributed by atoms with Gasteiger partial charge in [0.2, 0.25) is 5.91 Å². The molecule has 1 amide bonds. The molecule has 4 heteroatoms. The van der Waals surface area contributed by atoms with Crippen molar-refractivity contribution in [1.29, 1.82) is 0 Å². The molecule has 98 valence electrons. The fraction of sp³-hybridized carbons (Fsp3) is 0.923. The number of carbonyl (C=O) groups excluding carboxylic acids is 1. The van der Waals surface area contributed by atoms with Gasteiger partial charge in [0.1, 0.15) is 0 Å². The van der Waals surface area contributed by atoms with Crippen molar-refractivity contribution in [3.8, 4) is 0 Å². The van der Waals surface area contributed by atoms with Gasteiger partial charge >= 0.3 is 0 Å². The van der Waals surface area contributed by atoms with Crippen molar-refractivity contribution in [2.24, 2.45) is 5.92 Å². The Morgan fingerprint density at radius 3 is 2.94 bits per heavy atom. The number of rotatable bonds is 6. The van der Waals surface area contributed by atoms with Crippen LogP contribution in [0.15, 0.2) is 0 Å². The molecule has 1 unspecified atom stereocenters. The summed E-state index contributed by atoms with van der Waals surface area (Å²) < 4.78 is 5.48. The SMILES string of the molecule is O=C(NCCOCC1CC1)C1CCCCCN1. The van der Waals surface area contributed by atoms with E-state index in [2.05, 4.69) is 10.6 Å². The third kappa shape index (κ3) is 5.04. The minimum absolute atomic E-state index is 0.0148. The normalized spacial score (nSPS) is 25.3. The van der Waals surface area contributed by atoms with E-state index in [1.807, 2.05) is 0 Å². The van der Waals surface area contributed by atoms with Gasteiger partial charge in [-0.2, -0.15) is 0 Å². The molecule has 0 radical (unpaired) electrons. The Bertz CT molecular complexity index is 234. The molecule has 0 aromatic heterocycles. The first-order valence-electron chi connectivity index (χ1n) is 6.95. The van der Waals surface area contributed by atoms with Gasteiger partial charge in [0, 0.05) is 13.2 Å². The Hall–Kier alpha value is -0.610. The Labute approximate surface area is 103 Å². The fourth-order valence-corrected chi connectivity index (χ4v) is 2.16. The van der Waals surface area contributed by atoms with Crippen LogP contribution in [0.3, 0.4) is 0 Å². The lowest BCUT2D eigenvalue weighted by Crippen LogP contribution is -2.44. The van der Waals surface area contributed by atoms with Crippen molar-refractivity contribution in [2.75, 3.05) is 26.3 Å². The van der Waals surface area contributed by atoms with Crippen molar-refractivity contribution in [3.63, 3.8) is 0 Å². The molecule has 2 rings (SSSR count). The zero-order valence-electron chi connectivity index (χ0n) is 10.5. The van der Waals surface area contributed by atoms with Gasteiger partial charge in [-0.25, -0.2) is 0 Å². The number of hydrogen-bond donors (Lipinski definition) is 2. The minimum atomic E-state index is 0.0148. The summed E-state index contributed by atoms with van der Waals surface area (Å²) in [7, 11) is 0. The summed E-state index contributed by atoms with van der Waals surface area (Å²) in [6.07, 6.45) is 7.18. The van der Waals surface area contributed by atoms with Gasteiger partial charge in [0.05, 0.1) is 12.6 Å². The van der Waals surface area contributed by atoms with Crippen LogP contribution in [0.25, 0.3) is 0 Å². The Kier molecular flexibility index (Phi) is 5.26. The predicted molar refractivity (Wildman–Crippen MR) is 66.8 cm³/mol. The first-order valence-corrected chi connectivity index (χ1v) is 6.95. The molecule has 1 saturated heterocycles. The predicted octanol–water partition coefficient (Wildman–Crippen LogP) is 1.06. The van der Waals surface area contributed by atoms with Crippen LogP contribution in [0.1, 0.15) is 38.5 Å². The highest BCUT2D eigenvalue weighted by atomic mass is 16.5. The van der Waals surface area contributed by atoms with Gasteiger partial charge in [-0.1, -0.05) is 12.8 Å². The summed E-state index contributed by atoms with van der Waals surface area (Å²) in [5, 5.41) is 6.25. The molecule has 1 saturated carbocycles. The van der Waals surface area contributed by atoms with E-state index in [-0.39, 0.29) is 11.9 Å². The highest BCUT2D eigenvalue weighted by Crippen LogP contribution is 2.28. The van der Waals surface area contributed by atoms with Crippen LogP contribution in [0.2, 0.25) is 0 Å². The summed E-state index contributed by atoms with van der Waals surface area (Å²) in [5.41, 5.74) is 0. The van der Waals surface area contributed by atoms with E-state index in [0.717, 1.165) is 31.9 Å². The van der Waals surface area contributed by atoms with Crippen LogP contribution in [0.5, 0.6) is 0 Å². The summed E-state index contributed by atoms with van der Waals surface area (Å²) in [4.78, 5) is 11.8. The van der Waals surface area contributed by atoms with E-state index in [1.165, 1.54) is 25.7 Å². The first-order chi connectivity index (χ1) is 8.36. The molecule has 1 aliphatic heterocycles. The van der Waals surface area contributed by atoms with Crippen molar-refractivity contribution in [1.82, 2.24) is 10.6 Å². The zero-order valence-corrected chi connectivity index (χ0v) is 10.5. The summed E-state index contributed by atoms with van der Waals surface area (Å²) >= 11 is 0. The Morgan fingerprint density at radius 1 is 1.24 bits per heavy atom. The van der Waals surface area contributed by atoms with Gasteiger partial charge in [-0.05, 0) is 38.1 Å². The molecule has 2 N–H and O–H groups in total. The first kappa shape index (κ1) is 12.8. The van der Waals surface area contributed by atoms with E-state index in [1.54, 1.807) is 0 Å². The lowest BCUT2D eigenvalue weighted by molar-refractivity contribution is -0.123. The van der Waals surface area contributed by atoms with Crippen molar-refractivity contribution >= 4 is 5.91 Å². The molecule has 0 spiro atoms. The average Bonchev–Trinajstić information content (AvgIpc) is 3.15. The second-order valence-electron chi connectivity index (χ2n) is 5.17. The van der Waals surface area contributed by atoms with Crippen LogP contribution in [-0.2, 0) is 9.53 Å². The van der Waals surface area contributed by atoms with E-state index in [0.29, 0.717) is 13.2 Å². The molecule has 4 nitrogen and oxygen atoms in total. The van der Waals surface area contributed by atoms with Gasteiger partial charge in [0.15, 0.2) is 0 Å². The lowest BCUT2D eigenvalue weighted by atomic mass is 10.1. The number of amides is 1. The minimum Gasteiger partial charge on any atom is -0.379 e. The van der Waals surface area contributed by atoms with Gasteiger partial charge < -0.3 is 15.4 Å². The van der Waals surface area contributed by atoms with Crippen molar-refractivity contribution in [2.45, 2.75) is 44.6 Å². The lowest BCUT2D eigenvalue weighted by Gasteiger charge is -2.15. The number of ether oxygens (including phenoxy) is 1. The fourth-order valence-electron chi connectivity index (χ4n) is 2.16. The van der Waals surface area contributed by atoms with Gasteiger partial charge in [0.25, 0.3) is 0 Å². The molecule has 0 bridgehead atoms. The maximum atomic E-state index is 11.8. The standard InChI is InChI=1S/C13H24N2O2/c16-13(12-4-2-1-3-7-14-12)15-8-9-17-10-11-5-6-11/h11-12,14H,1-10H2,(H,15,16). The second-order valence-corrected chi connectivity index (χ2v) is 5.17. The quantitative estimate of drug-likeness (QED) is 0.683. The molecule has 1 atom stereocenters. The number of carbonyl (C=O) groups is 1. The van der Waals surface area contributed by atoms with E-state index >= 15 is 0 Å². The van der Waals surface area contributed by atoms with E-state index < -0.39 is 0 Å². The van der Waals surface area contributed by atoms with Crippen LogP contribution >= 0.6 is 0 Å².